The van der Waals surface area contributed by atoms with Crippen molar-refractivity contribution in [2.24, 2.45) is 0 Å². The lowest BCUT2D eigenvalue weighted by molar-refractivity contribution is -0.384. The molecule has 4 aromatic rings. The van der Waals surface area contributed by atoms with E-state index < -0.39 is 11.0 Å². The van der Waals surface area contributed by atoms with Crippen LogP contribution in [-0.4, -0.2) is 44.8 Å². The summed E-state index contributed by atoms with van der Waals surface area (Å²) in [6.07, 6.45) is 3.15. The van der Waals surface area contributed by atoms with Crippen molar-refractivity contribution in [2.45, 2.75) is 13.0 Å². The SMILES string of the molecule is COc1ccc(-c2nc3n(n2)C(c2ccc([N+](=O)[O-])cc2)C(C(=O)Nc2cccnc2)=C(C)N3)cc1OC. The van der Waals surface area contributed by atoms with Crippen LogP contribution in [0, 0.1) is 10.1 Å². The second kappa shape index (κ2) is 10.0. The van der Waals surface area contributed by atoms with Crippen LogP contribution in [-0.2, 0) is 4.79 Å². The molecule has 1 aliphatic rings. The third kappa shape index (κ3) is 4.50. The van der Waals surface area contributed by atoms with E-state index in [0.717, 1.165) is 0 Å². The number of nitrogens with zero attached hydrogens (tertiary/aromatic N) is 5. The summed E-state index contributed by atoms with van der Waals surface area (Å²) < 4.78 is 12.3. The van der Waals surface area contributed by atoms with Gasteiger partial charge >= 0.3 is 0 Å². The van der Waals surface area contributed by atoms with Crippen LogP contribution in [0.2, 0.25) is 0 Å². The highest BCUT2D eigenvalue weighted by atomic mass is 16.6. The van der Waals surface area contributed by atoms with Crippen LogP contribution in [0.5, 0.6) is 11.5 Å². The number of fused-ring (bicyclic) bond motifs is 1. The number of amides is 1. The van der Waals surface area contributed by atoms with Gasteiger partial charge in [0.1, 0.15) is 6.04 Å². The lowest BCUT2D eigenvalue weighted by Gasteiger charge is -2.28. The molecule has 1 unspecified atom stereocenters. The van der Waals surface area contributed by atoms with E-state index in [1.54, 1.807) is 80.7 Å². The standard InChI is InChI=1S/C26H23N7O5/c1-15-22(25(34)29-18-5-4-12-27-14-18)23(16-6-9-19(10-7-16)33(35)36)32-26(28-15)30-24(31-32)17-8-11-20(37-2)21(13-17)38-3/h4-14,23H,1-3H3,(H,29,34)(H,28,30,31). The van der Waals surface area contributed by atoms with Crippen LogP contribution >= 0.6 is 0 Å². The second-order valence-corrected chi connectivity index (χ2v) is 8.38. The van der Waals surface area contributed by atoms with Crippen molar-refractivity contribution >= 4 is 23.2 Å². The van der Waals surface area contributed by atoms with Gasteiger partial charge in [-0.15, -0.1) is 5.10 Å². The van der Waals surface area contributed by atoms with Gasteiger partial charge in [-0.3, -0.25) is 19.9 Å². The zero-order valence-corrected chi connectivity index (χ0v) is 20.7. The van der Waals surface area contributed by atoms with E-state index in [-0.39, 0.29) is 11.6 Å². The number of benzene rings is 2. The highest BCUT2D eigenvalue weighted by Crippen LogP contribution is 2.38. The molecular formula is C26H23N7O5. The molecule has 192 valence electrons. The molecule has 0 radical (unpaired) electrons. The van der Waals surface area contributed by atoms with Crippen molar-refractivity contribution in [1.82, 2.24) is 19.7 Å². The average molecular weight is 514 g/mol. The molecule has 1 amide bonds. The first kappa shape index (κ1) is 24.4. The number of methoxy groups -OCH3 is 2. The van der Waals surface area contributed by atoms with E-state index in [0.29, 0.717) is 51.4 Å². The van der Waals surface area contributed by atoms with Gasteiger partial charge in [-0.2, -0.15) is 4.98 Å². The van der Waals surface area contributed by atoms with Gasteiger partial charge in [0.05, 0.1) is 36.6 Å². The molecule has 0 aliphatic carbocycles. The Morgan fingerprint density at radius 2 is 1.87 bits per heavy atom. The minimum absolute atomic E-state index is 0.0606. The lowest BCUT2D eigenvalue weighted by atomic mass is 9.95. The Bertz CT molecular complexity index is 1550. The monoisotopic (exact) mass is 513 g/mol. The number of nitro benzene ring substituents is 1. The van der Waals surface area contributed by atoms with Crippen molar-refractivity contribution in [3.8, 4) is 22.9 Å². The average Bonchev–Trinajstić information content (AvgIpc) is 3.36. The highest BCUT2D eigenvalue weighted by molar-refractivity contribution is 6.06. The molecule has 0 spiro atoms. The zero-order valence-electron chi connectivity index (χ0n) is 20.7. The van der Waals surface area contributed by atoms with Gasteiger partial charge < -0.3 is 20.1 Å². The fourth-order valence-corrected chi connectivity index (χ4v) is 4.26. The molecule has 12 heteroatoms. The van der Waals surface area contributed by atoms with Gasteiger partial charge in [-0.05, 0) is 55.0 Å². The Kier molecular flexibility index (Phi) is 6.44. The quantitative estimate of drug-likeness (QED) is 0.274. The Labute approximate surface area is 217 Å². The van der Waals surface area contributed by atoms with Crippen LogP contribution in [0.25, 0.3) is 11.4 Å². The number of anilines is 2. The van der Waals surface area contributed by atoms with Gasteiger partial charge in [0.25, 0.3) is 11.6 Å². The number of hydrogen-bond acceptors (Lipinski definition) is 9. The summed E-state index contributed by atoms with van der Waals surface area (Å²) in [6, 6.07) is 14.1. The van der Waals surface area contributed by atoms with Crippen molar-refractivity contribution in [3.05, 3.63) is 93.9 Å². The van der Waals surface area contributed by atoms with Crippen LogP contribution in [0.15, 0.2) is 78.3 Å². The van der Waals surface area contributed by atoms with Gasteiger partial charge in [-0.1, -0.05) is 0 Å². The first-order chi connectivity index (χ1) is 18.4. The maximum atomic E-state index is 13.5. The molecule has 2 N–H and O–H groups in total. The third-order valence-electron chi connectivity index (χ3n) is 6.08. The van der Waals surface area contributed by atoms with Crippen LogP contribution in [0.4, 0.5) is 17.3 Å². The van der Waals surface area contributed by atoms with Crippen molar-refractivity contribution in [3.63, 3.8) is 0 Å². The number of ether oxygens (including phenoxy) is 2. The normalized spacial score (nSPS) is 14.3. The Hall–Kier alpha value is -5.26. The van der Waals surface area contributed by atoms with Crippen molar-refractivity contribution in [1.29, 1.82) is 0 Å². The number of carbonyl (C=O) groups excluding carboxylic acids is 1. The molecule has 2 aromatic carbocycles. The molecule has 1 aliphatic heterocycles. The summed E-state index contributed by atoms with van der Waals surface area (Å²) in [6.45, 7) is 1.77. The fourth-order valence-electron chi connectivity index (χ4n) is 4.26. The first-order valence-corrected chi connectivity index (χ1v) is 11.5. The number of carbonyl (C=O) groups is 1. The Morgan fingerprint density at radius 1 is 1.11 bits per heavy atom. The van der Waals surface area contributed by atoms with E-state index >= 15 is 0 Å². The number of hydrogen-bond donors (Lipinski definition) is 2. The van der Waals surface area contributed by atoms with Gasteiger partial charge in [0, 0.05) is 29.6 Å². The molecule has 1 atom stereocenters. The van der Waals surface area contributed by atoms with Crippen molar-refractivity contribution < 1.29 is 19.2 Å². The maximum absolute atomic E-state index is 13.5. The van der Waals surface area contributed by atoms with Crippen LogP contribution in [0.3, 0.4) is 0 Å². The molecule has 0 saturated carbocycles. The number of nitrogens with one attached hydrogen (secondary N) is 2. The Balaban J connectivity index is 1.60. The summed E-state index contributed by atoms with van der Waals surface area (Å²) in [7, 11) is 3.09. The fraction of sp³-hybridized carbons (Fsp3) is 0.154. The number of allylic oxidation sites excluding steroid dienone is 1. The van der Waals surface area contributed by atoms with E-state index in [1.165, 1.54) is 12.1 Å². The Morgan fingerprint density at radius 3 is 2.53 bits per heavy atom. The maximum Gasteiger partial charge on any atom is 0.269 e. The number of rotatable bonds is 7. The topological polar surface area (TPSA) is 146 Å². The number of non-ortho nitro benzene ring substituents is 1. The summed E-state index contributed by atoms with van der Waals surface area (Å²) in [5.74, 6) is 1.51. The molecule has 3 heterocycles. The van der Waals surface area contributed by atoms with Gasteiger partial charge in [0.15, 0.2) is 17.3 Å². The summed E-state index contributed by atoms with van der Waals surface area (Å²) in [5, 5.41) is 22.0. The molecule has 2 aromatic heterocycles. The molecule has 38 heavy (non-hydrogen) atoms. The number of pyridine rings is 1. The van der Waals surface area contributed by atoms with E-state index in [4.69, 9.17) is 14.6 Å². The highest BCUT2D eigenvalue weighted by Gasteiger charge is 2.35. The van der Waals surface area contributed by atoms with E-state index in [9.17, 15) is 14.9 Å². The summed E-state index contributed by atoms with van der Waals surface area (Å²) in [4.78, 5) is 33.0. The third-order valence-corrected chi connectivity index (χ3v) is 6.08. The largest absolute Gasteiger partial charge is 0.493 e. The molecule has 12 nitrogen and oxygen atoms in total. The van der Waals surface area contributed by atoms with Gasteiger partial charge in [0.2, 0.25) is 5.95 Å². The van der Waals surface area contributed by atoms with Crippen LogP contribution in [0.1, 0.15) is 18.5 Å². The minimum atomic E-state index is -0.717. The predicted molar refractivity (Wildman–Crippen MR) is 139 cm³/mol. The number of aromatic nitrogens is 4. The molecule has 0 saturated heterocycles. The number of nitro groups is 1. The summed E-state index contributed by atoms with van der Waals surface area (Å²) in [5.41, 5.74) is 2.70. The van der Waals surface area contributed by atoms with E-state index in [2.05, 4.69) is 20.6 Å². The zero-order chi connectivity index (χ0) is 26.8. The van der Waals surface area contributed by atoms with Gasteiger partial charge in [-0.25, -0.2) is 4.68 Å². The van der Waals surface area contributed by atoms with Crippen LogP contribution < -0.4 is 20.1 Å². The van der Waals surface area contributed by atoms with E-state index in [1.807, 2.05) is 0 Å². The molecule has 5 rings (SSSR count). The smallest absolute Gasteiger partial charge is 0.269 e. The molecular weight excluding hydrogens is 490 g/mol. The lowest BCUT2D eigenvalue weighted by Crippen LogP contribution is -2.31. The first-order valence-electron chi connectivity index (χ1n) is 11.5. The predicted octanol–water partition coefficient (Wildman–Crippen LogP) is 4.19. The molecule has 0 fully saturated rings. The molecule has 0 bridgehead atoms. The summed E-state index contributed by atoms with van der Waals surface area (Å²) >= 11 is 0. The second-order valence-electron chi connectivity index (χ2n) is 8.38. The minimum Gasteiger partial charge on any atom is -0.493 e. The van der Waals surface area contributed by atoms with Crippen molar-refractivity contribution in [2.75, 3.05) is 24.9 Å².